The molecule has 31 heavy (non-hydrogen) atoms. The molecule has 0 bridgehead atoms. The maximum absolute atomic E-state index is 11.5. The molecule has 0 aliphatic heterocycles. The molecule has 0 saturated heterocycles. The van der Waals surface area contributed by atoms with E-state index in [1.807, 2.05) is 82.5 Å². The smallest absolute Gasteiger partial charge is 0.324 e. The molecule has 0 radical (unpaired) electrons. The van der Waals surface area contributed by atoms with Crippen molar-refractivity contribution < 1.29 is 23.5 Å². The van der Waals surface area contributed by atoms with Crippen LogP contribution >= 0.6 is 7.60 Å². The predicted molar refractivity (Wildman–Crippen MR) is 115 cm³/mol. The van der Waals surface area contributed by atoms with Crippen molar-refractivity contribution in [2.24, 2.45) is 0 Å². The first kappa shape index (κ1) is 20.6. The Kier molecular flexibility index (Phi) is 5.75. The number of rotatable bonds is 5. The second-order valence-corrected chi connectivity index (χ2v) is 8.74. The second kappa shape index (κ2) is 8.63. The third-order valence-electron chi connectivity index (χ3n) is 4.93. The number of pyridine rings is 2. The van der Waals surface area contributed by atoms with Gasteiger partial charge in [0.05, 0.1) is 17.8 Å². The van der Waals surface area contributed by atoms with Gasteiger partial charge in [0.1, 0.15) is 0 Å². The molecule has 152 valence electrons. The minimum atomic E-state index is -4.16. The van der Waals surface area contributed by atoms with Gasteiger partial charge < -0.3 is 9.79 Å². The van der Waals surface area contributed by atoms with Crippen molar-refractivity contribution in [3.8, 4) is 28.6 Å². The van der Waals surface area contributed by atoms with Crippen molar-refractivity contribution in [3.63, 3.8) is 0 Å². The largest absolute Gasteiger partial charge is 0.330 e. The van der Waals surface area contributed by atoms with Gasteiger partial charge in [0.2, 0.25) is 11.4 Å². The van der Waals surface area contributed by atoms with Crippen LogP contribution in [0.5, 0.6) is 0 Å². The Bertz CT molecular complexity index is 1290. The molecule has 0 unspecified atom stereocenters. The Morgan fingerprint density at radius 3 is 1.87 bits per heavy atom. The highest BCUT2D eigenvalue weighted by Crippen LogP contribution is 2.39. The quantitative estimate of drug-likeness (QED) is 0.376. The van der Waals surface area contributed by atoms with Crippen molar-refractivity contribution in [1.29, 1.82) is 5.26 Å². The Morgan fingerprint density at radius 1 is 0.774 bits per heavy atom. The van der Waals surface area contributed by atoms with Crippen LogP contribution in [0.2, 0.25) is 0 Å². The van der Waals surface area contributed by atoms with Crippen LogP contribution in [0.4, 0.5) is 0 Å². The fraction of sp³-hybridized carbons (Fsp3) is 0.0417. The molecule has 4 rings (SSSR count). The van der Waals surface area contributed by atoms with Crippen molar-refractivity contribution in [2.75, 3.05) is 0 Å². The van der Waals surface area contributed by atoms with E-state index < -0.39 is 7.60 Å². The third kappa shape index (κ3) is 4.93. The Morgan fingerprint density at radius 2 is 1.32 bits per heavy atom. The molecule has 7 heteroatoms. The number of hydrogen-bond donors (Lipinski definition) is 2. The van der Waals surface area contributed by atoms with Gasteiger partial charge >= 0.3 is 7.60 Å². The van der Waals surface area contributed by atoms with Gasteiger partial charge in [-0.05, 0) is 23.3 Å². The van der Waals surface area contributed by atoms with E-state index in [0.717, 1.165) is 22.5 Å². The molecule has 2 aromatic carbocycles. The lowest BCUT2D eigenvalue weighted by atomic mass is 10.1. The second-order valence-electron chi connectivity index (χ2n) is 7.10. The molecule has 2 aromatic heterocycles. The maximum Gasteiger partial charge on any atom is 0.330 e. The summed E-state index contributed by atoms with van der Waals surface area (Å²) in [6.07, 6.45) is 7.40. The van der Waals surface area contributed by atoms with Crippen molar-refractivity contribution >= 4 is 7.60 Å². The van der Waals surface area contributed by atoms with Crippen LogP contribution in [0, 0.1) is 11.3 Å². The molecule has 0 spiro atoms. The van der Waals surface area contributed by atoms with Crippen molar-refractivity contribution in [3.05, 3.63) is 109 Å². The fourth-order valence-corrected chi connectivity index (χ4v) is 4.11. The summed E-state index contributed by atoms with van der Waals surface area (Å²) in [5.74, 6) is 0. The molecule has 0 amide bonds. The number of benzene rings is 2. The van der Waals surface area contributed by atoms with E-state index in [1.165, 1.54) is 0 Å². The van der Waals surface area contributed by atoms with Gasteiger partial charge in [-0.2, -0.15) is 14.4 Å². The zero-order chi connectivity index (χ0) is 21.8. The summed E-state index contributed by atoms with van der Waals surface area (Å²) in [7, 11) is -4.16. The zero-order valence-electron chi connectivity index (χ0n) is 16.5. The molecule has 0 aliphatic carbocycles. The van der Waals surface area contributed by atoms with E-state index in [-0.39, 0.29) is 6.16 Å². The van der Waals surface area contributed by atoms with E-state index in [9.17, 15) is 14.4 Å². The monoisotopic (exact) mass is 429 g/mol. The van der Waals surface area contributed by atoms with Crippen LogP contribution in [-0.2, 0) is 10.7 Å². The SMILES string of the molecule is N#Cc1ccc(-[n+]2ccc(-c3cc[n+](-c4ccccc4CP(=O)(O)O)cc3)cc2)cc1. The minimum Gasteiger partial charge on any atom is -0.324 e. The van der Waals surface area contributed by atoms with Crippen LogP contribution in [0.15, 0.2) is 97.6 Å². The lowest BCUT2D eigenvalue weighted by Crippen LogP contribution is -2.31. The van der Waals surface area contributed by atoms with Gasteiger partial charge in [-0.3, -0.25) is 4.57 Å². The van der Waals surface area contributed by atoms with Crippen LogP contribution in [0.1, 0.15) is 11.1 Å². The summed E-state index contributed by atoms with van der Waals surface area (Å²) >= 11 is 0. The predicted octanol–water partition coefficient (Wildman–Crippen LogP) is 3.46. The summed E-state index contributed by atoms with van der Waals surface area (Å²) in [4.78, 5) is 18.7. The van der Waals surface area contributed by atoms with Crippen molar-refractivity contribution in [2.45, 2.75) is 6.16 Å². The first-order chi connectivity index (χ1) is 14.9. The standard InChI is InChI=1S/C24H18N3O3P/c25-17-19-5-7-23(8-6-19)26-13-9-20(10-14-26)21-11-15-27(16-12-21)24-4-2-1-3-22(24)18-31(28,29)30/h1-16H,18H2/p+2. The number of para-hydroxylation sites is 1. The average Bonchev–Trinajstić information content (AvgIpc) is 2.79. The minimum absolute atomic E-state index is 0.300. The molecule has 0 aliphatic rings. The maximum atomic E-state index is 11.5. The molecule has 0 fully saturated rings. The molecular weight excluding hydrogens is 409 g/mol. The van der Waals surface area contributed by atoms with Crippen LogP contribution < -0.4 is 9.13 Å². The van der Waals surface area contributed by atoms with E-state index in [2.05, 4.69) is 6.07 Å². The Balaban J connectivity index is 1.58. The van der Waals surface area contributed by atoms with Gasteiger partial charge in [-0.25, -0.2) is 0 Å². The lowest BCUT2D eigenvalue weighted by Gasteiger charge is -2.07. The Hall–Kier alpha value is -3.62. The van der Waals surface area contributed by atoms with Gasteiger partial charge in [-0.1, -0.05) is 18.2 Å². The normalized spacial score (nSPS) is 11.1. The average molecular weight is 429 g/mol. The summed E-state index contributed by atoms with van der Waals surface area (Å²) in [6.45, 7) is 0. The molecule has 2 heterocycles. The molecule has 0 atom stereocenters. The summed E-state index contributed by atoms with van der Waals surface area (Å²) < 4.78 is 15.3. The third-order valence-corrected chi connectivity index (χ3v) is 5.69. The van der Waals surface area contributed by atoms with Crippen LogP contribution in [0.25, 0.3) is 22.5 Å². The van der Waals surface area contributed by atoms with E-state index >= 15 is 0 Å². The van der Waals surface area contributed by atoms with Gasteiger partial charge in [-0.15, -0.1) is 0 Å². The molecule has 4 aromatic rings. The number of hydrogen-bond acceptors (Lipinski definition) is 2. The number of aromatic nitrogens is 2. The van der Waals surface area contributed by atoms with Crippen molar-refractivity contribution in [1.82, 2.24) is 0 Å². The molecule has 2 N–H and O–H groups in total. The van der Waals surface area contributed by atoms with Gasteiger partial charge in [0.25, 0.3) is 0 Å². The highest BCUT2D eigenvalue weighted by molar-refractivity contribution is 7.50. The van der Waals surface area contributed by atoms with Gasteiger partial charge in [0.15, 0.2) is 24.8 Å². The Labute approximate surface area is 180 Å². The number of nitrogens with zero attached hydrogens (tertiary/aromatic N) is 3. The van der Waals surface area contributed by atoms with E-state index in [1.54, 1.807) is 24.3 Å². The topological polar surface area (TPSA) is 89.1 Å². The summed E-state index contributed by atoms with van der Waals surface area (Å²) in [6, 6.07) is 24.7. The summed E-state index contributed by atoms with van der Waals surface area (Å²) in [5, 5.41) is 8.93. The first-order valence-electron chi connectivity index (χ1n) is 9.59. The van der Waals surface area contributed by atoms with Gasteiger partial charge in [0, 0.05) is 48.0 Å². The highest BCUT2D eigenvalue weighted by Gasteiger charge is 2.20. The summed E-state index contributed by atoms with van der Waals surface area (Å²) in [5.41, 5.74) is 5.00. The van der Waals surface area contributed by atoms with E-state index in [0.29, 0.717) is 11.1 Å². The highest BCUT2D eigenvalue weighted by atomic mass is 31.2. The number of nitriles is 1. The first-order valence-corrected chi connectivity index (χ1v) is 11.4. The molecule has 6 nitrogen and oxygen atoms in total. The zero-order valence-corrected chi connectivity index (χ0v) is 17.4. The molecular formula is C24H20N3O3P+2. The van der Waals surface area contributed by atoms with Crippen LogP contribution in [0.3, 0.4) is 0 Å². The fourth-order valence-electron chi connectivity index (χ4n) is 3.40. The van der Waals surface area contributed by atoms with E-state index in [4.69, 9.17) is 5.26 Å². The molecule has 0 saturated carbocycles. The lowest BCUT2D eigenvalue weighted by molar-refractivity contribution is -0.596. The van der Waals surface area contributed by atoms with Crippen LogP contribution in [-0.4, -0.2) is 9.79 Å².